The van der Waals surface area contributed by atoms with Gasteiger partial charge < -0.3 is 10.0 Å². The molecule has 1 atom stereocenters. The van der Waals surface area contributed by atoms with Gasteiger partial charge in [0.2, 0.25) is 0 Å². The van der Waals surface area contributed by atoms with Gasteiger partial charge in [-0.15, -0.1) is 0 Å². The number of aryl methyl sites for hydroxylation is 1. The van der Waals surface area contributed by atoms with E-state index in [1.165, 1.54) is 23.2 Å². The Kier molecular flexibility index (Phi) is 6.13. The Hall–Kier alpha value is -2.38. The van der Waals surface area contributed by atoms with Crippen LogP contribution >= 0.6 is 0 Å². The molecule has 1 unspecified atom stereocenters. The van der Waals surface area contributed by atoms with Crippen molar-refractivity contribution in [3.63, 3.8) is 0 Å². The number of hydrogen-bond donors (Lipinski definition) is 1. The number of aliphatic hydroxyl groups excluding tert-OH is 1. The van der Waals surface area contributed by atoms with Gasteiger partial charge in [-0.3, -0.25) is 18.8 Å². The topological polar surface area (TPSA) is 70.7 Å². The van der Waals surface area contributed by atoms with E-state index in [2.05, 4.69) is 21.9 Å². The van der Waals surface area contributed by atoms with E-state index in [0.717, 1.165) is 43.6 Å². The number of piperazine rings is 1. The largest absolute Gasteiger partial charge is 0.395 e. The summed E-state index contributed by atoms with van der Waals surface area (Å²) in [5, 5.41) is 9.84. The first kappa shape index (κ1) is 19.4. The first-order chi connectivity index (χ1) is 13.0. The number of rotatable bonds is 6. The molecular formula is C20H28N4O3. The van der Waals surface area contributed by atoms with Crippen molar-refractivity contribution in [2.45, 2.75) is 18.9 Å². The lowest BCUT2D eigenvalue weighted by Gasteiger charge is -2.40. The fourth-order valence-electron chi connectivity index (χ4n) is 3.71. The Balaban J connectivity index is 1.62. The Labute approximate surface area is 159 Å². The lowest BCUT2D eigenvalue weighted by molar-refractivity contribution is 0.110. The summed E-state index contributed by atoms with van der Waals surface area (Å²) in [6.07, 6.45) is 1.85. The summed E-state index contributed by atoms with van der Waals surface area (Å²) >= 11 is 0. The highest BCUT2D eigenvalue weighted by Gasteiger charge is 2.25. The summed E-state index contributed by atoms with van der Waals surface area (Å²) in [7, 11) is 3.19. The van der Waals surface area contributed by atoms with Crippen molar-refractivity contribution in [3.8, 4) is 0 Å². The molecule has 0 spiro atoms. The molecule has 7 heteroatoms. The molecule has 1 fully saturated rings. The molecule has 2 heterocycles. The van der Waals surface area contributed by atoms with E-state index in [4.69, 9.17) is 0 Å². The quantitative estimate of drug-likeness (QED) is 0.784. The van der Waals surface area contributed by atoms with Crippen molar-refractivity contribution in [2.24, 2.45) is 14.1 Å². The lowest BCUT2D eigenvalue weighted by Crippen LogP contribution is -2.53. The van der Waals surface area contributed by atoms with Gasteiger partial charge in [-0.2, -0.15) is 0 Å². The van der Waals surface area contributed by atoms with Crippen molar-refractivity contribution in [1.82, 2.24) is 14.0 Å². The van der Waals surface area contributed by atoms with Crippen LogP contribution in [0.1, 0.15) is 12.0 Å². The van der Waals surface area contributed by atoms with Gasteiger partial charge in [0.15, 0.2) is 0 Å². The monoisotopic (exact) mass is 372 g/mol. The molecule has 1 N–H and O–H groups in total. The molecule has 146 valence electrons. The van der Waals surface area contributed by atoms with Crippen LogP contribution < -0.4 is 16.1 Å². The van der Waals surface area contributed by atoms with Gasteiger partial charge in [-0.05, 0) is 18.4 Å². The van der Waals surface area contributed by atoms with Crippen molar-refractivity contribution in [1.29, 1.82) is 0 Å². The summed E-state index contributed by atoms with van der Waals surface area (Å²) in [5.74, 6) is 0.660. The number of hydrogen-bond acceptors (Lipinski definition) is 5. The van der Waals surface area contributed by atoms with Gasteiger partial charge in [0.05, 0.1) is 6.61 Å². The Morgan fingerprint density at radius 3 is 2.30 bits per heavy atom. The summed E-state index contributed by atoms with van der Waals surface area (Å²) < 4.78 is 2.64. The molecule has 0 amide bonds. The Morgan fingerprint density at radius 2 is 1.67 bits per heavy atom. The van der Waals surface area contributed by atoms with Crippen molar-refractivity contribution in [2.75, 3.05) is 37.7 Å². The third-order valence-corrected chi connectivity index (χ3v) is 5.48. The zero-order valence-corrected chi connectivity index (χ0v) is 16.0. The number of aromatic nitrogens is 2. The van der Waals surface area contributed by atoms with Gasteiger partial charge in [-0.1, -0.05) is 30.3 Å². The normalized spacial score (nSPS) is 16.5. The first-order valence-corrected chi connectivity index (χ1v) is 9.42. The summed E-state index contributed by atoms with van der Waals surface area (Å²) in [4.78, 5) is 28.5. The van der Waals surface area contributed by atoms with Crippen LogP contribution in [0.2, 0.25) is 0 Å². The maximum absolute atomic E-state index is 12.1. The van der Waals surface area contributed by atoms with Gasteiger partial charge in [-0.25, -0.2) is 4.79 Å². The number of anilines is 1. The highest BCUT2D eigenvalue weighted by Crippen LogP contribution is 2.16. The molecule has 0 radical (unpaired) electrons. The minimum atomic E-state index is -0.309. The fraction of sp³-hybridized carbons (Fsp3) is 0.500. The molecule has 0 bridgehead atoms. The van der Waals surface area contributed by atoms with E-state index in [-0.39, 0.29) is 23.9 Å². The van der Waals surface area contributed by atoms with Crippen LogP contribution in [0.4, 0.5) is 5.82 Å². The second-order valence-corrected chi connectivity index (χ2v) is 7.13. The van der Waals surface area contributed by atoms with Gasteiger partial charge in [0.1, 0.15) is 5.82 Å². The number of nitrogens with zero attached hydrogens (tertiary/aromatic N) is 4. The lowest BCUT2D eigenvalue weighted by atomic mass is 10.0. The predicted octanol–water partition coefficient (Wildman–Crippen LogP) is 0.200. The highest BCUT2D eigenvalue weighted by atomic mass is 16.3. The van der Waals surface area contributed by atoms with Gasteiger partial charge in [0, 0.05) is 52.4 Å². The summed E-state index contributed by atoms with van der Waals surface area (Å²) in [5.41, 5.74) is 0.687. The van der Waals surface area contributed by atoms with Gasteiger partial charge >= 0.3 is 5.69 Å². The number of benzene rings is 1. The molecule has 0 saturated carbocycles. The van der Waals surface area contributed by atoms with Crippen LogP contribution in [0.3, 0.4) is 0 Å². The molecular weight excluding hydrogens is 344 g/mol. The smallest absolute Gasteiger partial charge is 0.332 e. The van der Waals surface area contributed by atoms with Crippen LogP contribution in [-0.2, 0) is 20.5 Å². The minimum absolute atomic E-state index is 0.125. The molecule has 1 aromatic carbocycles. The molecule has 2 aromatic rings. The molecule has 3 rings (SSSR count). The molecule has 7 nitrogen and oxygen atoms in total. The van der Waals surface area contributed by atoms with Crippen molar-refractivity contribution >= 4 is 5.82 Å². The van der Waals surface area contributed by atoms with Gasteiger partial charge in [0.25, 0.3) is 5.56 Å². The molecule has 1 aliphatic heterocycles. The highest BCUT2D eigenvalue weighted by molar-refractivity contribution is 5.39. The van der Waals surface area contributed by atoms with E-state index >= 15 is 0 Å². The van der Waals surface area contributed by atoms with Crippen LogP contribution in [0.25, 0.3) is 0 Å². The average molecular weight is 372 g/mol. The van der Waals surface area contributed by atoms with Crippen LogP contribution in [0.5, 0.6) is 0 Å². The first-order valence-electron chi connectivity index (χ1n) is 9.42. The zero-order chi connectivity index (χ0) is 19.4. The van der Waals surface area contributed by atoms with Crippen LogP contribution in [-0.4, -0.2) is 58.0 Å². The Bertz CT molecular complexity index is 867. The Morgan fingerprint density at radius 1 is 1.00 bits per heavy atom. The molecule has 1 aliphatic rings. The summed E-state index contributed by atoms with van der Waals surface area (Å²) in [6, 6.07) is 12.0. The molecule has 1 aromatic heterocycles. The third kappa shape index (κ3) is 4.31. The third-order valence-electron chi connectivity index (χ3n) is 5.48. The van der Waals surface area contributed by atoms with E-state index < -0.39 is 0 Å². The molecule has 27 heavy (non-hydrogen) atoms. The standard InChI is InChI=1S/C20H28N4O3/c1-21-18(14-19(26)22(2)20(21)27)24-12-10-23(11-13-24)17(15-25)9-8-16-6-4-3-5-7-16/h3-7,14,17,25H,8-13,15H2,1-2H3. The van der Waals surface area contributed by atoms with Crippen LogP contribution in [0, 0.1) is 0 Å². The SMILES string of the molecule is Cn1c(N2CCN(C(CO)CCc3ccccc3)CC2)cc(=O)n(C)c1=O. The van der Waals surface area contributed by atoms with E-state index in [0.29, 0.717) is 5.82 Å². The second kappa shape index (κ2) is 8.54. The zero-order valence-electron chi connectivity index (χ0n) is 16.0. The van der Waals surface area contributed by atoms with Crippen LogP contribution in [0.15, 0.2) is 46.0 Å². The maximum atomic E-state index is 12.1. The minimum Gasteiger partial charge on any atom is -0.395 e. The fourth-order valence-corrected chi connectivity index (χ4v) is 3.71. The number of aliphatic hydroxyl groups is 1. The molecule has 0 aliphatic carbocycles. The van der Waals surface area contributed by atoms with E-state index in [1.807, 2.05) is 18.2 Å². The van der Waals surface area contributed by atoms with Crippen molar-refractivity contribution in [3.05, 3.63) is 62.8 Å². The average Bonchev–Trinajstić information content (AvgIpc) is 2.71. The second-order valence-electron chi connectivity index (χ2n) is 7.13. The maximum Gasteiger partial charge on any atom is 0.332 e. The van der Waals surface area contributed by atoms with E-state index in [1.54, 1.807) is 7.05 Å². The molecule has 1 saturated heterocycles. The van der Waals surface area contributed by atoms with E-state index in [9.17, 15) is 14.7 Å². The summed E-state index contributed by atoms with van der Waals surface area (Å²) in [6.45, 7) is 3.18. The predicted molar refractivity (Wildman–Crippen MR) is 106 cm³/mol. The van der Waals surface area contributed by atoms with Crippen molar-refractivity contribution < 1.29 is 5.11 Å².